The predicted molar refractivity (Wildman–Crippen MR) is 110 cm³/mol. The van der Waals surface area contributed by atoms with Crippen LogP contribution in [0.5, 0.6) is 0 Å². The second-order valence-corrected chi connectivity index (χ2v) is 7.80. The summed E-state index contributed by atoms with van der Waals surface area (Å²) in [4.78, 5) is 29.8. The number of nitrogens with one attached hydrogen (secondary N) is 2. The molecule has 1 fully saturated rings. The first kappa shape index (κ1) is 18.5. The number of fused-ring (bicyclic) bond motifs is 1. The highest BCUT2D eigenvalue weighted by molar-refractivity contribution is 5.95. The molecule has 2 aliphatic heterocycles. The van der Waals surface area contributed by atoms with Gasteiger partial charge in [0.25, 0.3) is 5.91 Å². The Bertz CT molecular complexity index is 863. The Hall–Kier alpha value is -2.82. The molecule has 1 aromatic carbocycles. The summed E-state index contributed by atoms with van der Waals surface area (Å²) >= 11 is 0. The Labute approximate surface area is 165 Å². The number of aromatic amines is 1. The number of H-pyrrole nitrogens is 1. The lowest BCUT2D eigenvalue weighted by Gasteiger charge is -2.39. The number of benzene rings is 1. The molecule has 28 heavy (non-hydrogen) atoms. The van der Waals surface area contributed by atoms with E-state index in [-0.39, 0.29) is 11.7 Å². The van der Waals surface area contributed by atoms with E-state index in [0.717, 1.165) is 67.8 Å². The zero-order valence-electron chi connectivity index (χ0n) is 16.1. The molecule has 2 N–H and O–H groups in total. The fourth-order valence-corrected chi connectivity index (χ4v) is 3.98. The number of ketones is 1. The maximum absolute atomic E-state index is 12.4. The summed E-state index contributed by atoms with van der Waals surface area (Å²) < 4.78 is 0. The van der Waals surface area contributed by atoms with Gasteiger partial charge in [0, 0.05) is 37.3 Å². The van der Waals surface area contributed by atoms with Gasteiger partial charge >= 0.3 is 0 Å². The summed E-state index contributed by atoms with van der Waals surface area (Å²) in [7, 11) is 0. The van der Waals surface area contributed by atoms with Gasteiger partial charge in [-0.1, -0.05) is 31.0 Å². The Kier molecular flexibility index (Phi) is 5.60. The van der Waals surface area contributed by atoms with Crippen LogP contribution < -0.4 is 5.32 Å². The number of carbonyl (C=O) groups is 2. The molecule has 3 heterocycles. The average molecular weight is 377 g/mol. The Morgan fingerprint density at radius 2 is 1.89 bits per heavy atom. The summed E-state index contributed by atoms with van der Waals surface area (Å²) in [6, 6.07) is 11.5. The molecule has 2 aromatic rings. The van der Waals surface area contributed by atoms with Crippen LogP contribution in [-0.4, -0.2) is 34.7 Å². The van der Waals surface area contributed by atoms with Crippen LogP contribution in [0.15, 0.2) is 42.6 Å². The zero-order valence-corrected chi connectivity index (χ0v) is 16.1. The van der Waals surface area contributed by atoms with E-state index in [2.05, 4.69) is 10.3 Å². The summed E-state index contributed by atoms with van der Waals surface area (Å²) in [5.74, 6) is 0.949. The van der Waals surface area contributed by atoms with Crippen molar-refractivity contribution in [3.63, 3.8) is 0 Å². The molecule has 4 rings (SSSR count). The topological polar surface area (TPSA) is 65.2 Å². The number of unbranched alkanes of at least 4 members (excludes halogenated alkanes) is 2. The average Bonchev–Trinajstić information content (AvgIpc) is 3.13. The number of carbonyl (C=O) groups excluding carboxylic acids is 2. The van der Waals surface area contributed by atoms with Crippen molar-refractivity contribution in [3.05, 3.63) is 65.1 Å². The van der Waals surface area contributed by atoms with E-state index in [4.69, 9.17) is 0 Å². The highest BCUT2D eigenvalue weighted by Crippen LogP contribution is 2.24. The van der Waals surface area contributed by atoms with Gasteiger partial charge in [0.2, 0.25) is 0 Å². The third kappa shape index (κ3) is 4.19. The van der Waals surface area contributed by atoms with Crippen molar-refractivity contribution < 1.29 is 9.59 Å². The summed E-state index contributed by atoms with van der Waals surface area (Å²) in [6.45, 7) is 2.51. The number of hydrogen-bond acceptors (Lipinski definition) is 3. The highest BCUT2D eigenvalue weighted by atomic mass is 16.2. The van der Waals surface area contributed by atoms with E-state index >= 15 is 0 Å². The molecule has 0 aliphatic carbocycles. The Morgan fingerprint density at radius 1 is 1.07 bits per heavy atom. The van der Waals surface area contributed by atoms with Crippen molar-refractivity contribution in [1.29, 1.82) is 0 Å². The molecule has 0 bridgehead atoms. The van der Waals surface area contributed by atoms with Crippen molar-refractivity contribution in [2.75, 3.05) is 13.1 Å². The van der Waals surface area contributed by atoms with Crippen LogP contribution in [0.3, 0.4) is 0 Å². The number of rotatable bonds is 8. The maximum Gasteiger partial charge on any atom is 0.253 e. The molecule has 2 aliphatic rings. The molecule has 5 nitrogen and oxygen atoms in total. The molecule has 0 radical (unpaired) electrons. The van der Waals surface area contributed by atoms with Crippen LogP contribution in [0.25, 0.3) is 6.08 Å². The summed E-state index contributed by atoms with van der Waals surface area (Å²) in [5.41, 5.74) is 3.70. The summed E-state index contributed by atoms with van der Waals surface area (Å²) in [5, 5.41) is 3.16. The minimum Gasteiger partial charge on any atom is -0.387 e. The predicted octanol–water partition coefficient (Wildman–Crippen LogP) is 3.99. The van der Waals surface area contributed by atoms with Crippen molar-refractivity contribution in [2.24, 2.45) is 5.92 Å². The van der Waals surface area contributed by atoms with Gasteiger partial charge in [-0.15, -0.1) is 0 Å². The number of likely N-dealkylation sites (tertiary alicyclic amines) is 1. The maximum atomic E-state index is 12.4. The third-order valence-corrected chi connectivity index (χ3v) is 5.68. The van der Waals surface area contributed by atoms with Crippen molar-refractivity contribution in [1.82, 2.24) is 15.2 Å². The normalized spacial score (nSPS) is 15.6. The molecule has 5 heteroatoms. The first-order valence-corrected chi connectivity index (χ1v) is 10.2. The van der Waals surface area contributed by atoms with Gasteiger partial charge in [-0.25, -0.2) is 0 Å². The molecule has 146 valence electrons. The van der Waals surface area contributed by atoms with Gasteiger partial charge in [-0.05, 0) is 54.8 Å². The summed E-state index contributed by atoms with van der Waals surface area (Å²) in [6.07, 6.45) is 8.73. The van der Waals surface area contributed by atoms with E-state index in [1.807, 2.05) is 53.6 Å². The molecule has 0 unspecified atom stereocenters. The van der Waals surface area contributed by atoms with Crippen LogP contribution in [0, 0.1) is 5.92 Å². The first-order valence-electron chi connectivity index (χ1n) is 10.2. The monoisotopic (exact) mass is 377 g/mol. The largest absolute Gasteiger partial charge is 0.387 e. The highest BCUT2D eigenvalue weighted by Gasteiger charge is 2.30. The van der Waals surface area contributed by atoms with Crippen LogP contribution in [0.1, 0.15) is 64.2 Å². The SMILES string of the molecule is O=C(CCCCCC1CN(C(=O)c2ccccc2)C1)c1cc2c([nH]1)C=CNC2. The minimum atomic E-state index is 0.140. The Morgan fingerprint density at radius 3 is 2.68 bits per heavy atom. The lowest BCUT2D eigenvalue weighted by Crippen LogP contribution is -2.49. The quantitative estimate of drug-likeness (QED) is 0.540. The van der Waals surface area contributed by atoms with Gasteiger partial charge in [0.05, 0.1) is 5.69 Å². The molecule has 1 amide bonds. The molecule has 1 aromatic heterocycles. The number of nitrogens with zero attached hydrogens (tertiary/aromatic N) is 1. The third-order valence-electron chi connectivity index (χ3n) is 5.68. The molecule has 1 saturated heterocycles. The van der Waals surface area contributed by atoms with Gasteiger partial charge in [0.1, 0.15) is 0 Å². The molecule has 0 saturated carbocycles. The molecular formula is C23H27N3O2. The number of amides is 1. The Balaban J connectivity index is 1.11. The van der Waals surface area contributed by atoms with Crippen molar-refractivity contribution >= 4 is 17.8 Å². The molecule has 0 atom stereocenters. The van der Waals surface area contributed by atoms with Crippen LogP contribution in [0.2, 0.25) is 0 Å². The van der Waals surface area contributed by atoms with Crippen LogP contribution in [0.4, 0.5) is 0 Å². The fourth-order valence-electron chi connectivity index (χ4n) is 3.98. The first-order chi connectivity index (χ1) is 13.7. The van der Waals surface area contributed by atoms with E-state index in [9.17, 15) is 9.59 Å². The number of Topliss-reactive ketones (excluding diaryl/α,β-unsaturated/α-hetero) is 1. The van der Waals surface area contributed by atoms with E-state index in [1.54, 1.807) is 0 Å². The van der Waals surface area contributed by atoms with Gasteiger partial charge in [-0.2, -0.15) is 0 Å². The smallest absolute Gasteiger partial charge is 0.253 e. The second kappa shape index (κ2) is 8.46. The van der Waals surface area contributed by atoms with E-state index < -0.39 is 0 Å². The van der Waals surface area contributed by atoms with Crippen LogP contribution in [-0.2, 0) is 6.54 Å². The number of aromatic nitrogens is 1. The fraction of sp³-hybridized carbons (Fsp3) is 0.391. The van der Waals surface area contributed by atoms with Gasteiger partial charge in [-0.3, -0.25) is 9.59 Å². The van der Waals surface area contributed by atoms with E-state index in [0.29, 0.717) is 12.3 Å². The van der Waals surface area contributed by atoms with Gasteiger partial charge in [0.15, 0.2) is 5.78 Å². The lowest BCUT2D eigenvalue weighted by molar-refractivity contribution is 0.0480. The van der Waals surface area contributed by atoms with Crippen molar-refractivity contribution in [3.8, 4) is 0 Å². The zero-order chi connectivity index (χ0) is 19.3. The second-order valence-electron chi connectivity index (χ2n) is 7.80. The number of hydrogen-bond donors (Lipinski definition) is 2. The molecular weight excluding hydrogens is 350 g/mol. The van der Waals surface area contributed by atoms with Crippen molar-refractivity contribution in [2.45, 2.75) is 38.6 Å². The van der Waals surface area contributed by atoms with Crippen LogP contribution >= 0.6 is 0 Å². The van der Waals surface area contributed by atoms with E-state index in [1.165, 1.54) is 0 Å². The van der Waals surface area contributed by atoms with Gasteiger partial charge < -0.3 is 15.2 Å². The standard InChI is InChI=1S/C23H27N3O2/c27-22(21-13-19-14-24-12-11-20(19)25-21)10-6-1-3-7-17-15-26(16-17)23(28)18-8-4-2-5-9-18/h2,4-5,8-9,11-13,17,24-25H,1,3,6-7,10,14-16H2. The molecule has 0 spiro atoms. The minimum absolute atomic E-state index is 0.140. The lowest BCUT2D eigenvalue weighted by atomic mass is 9.92.